The number of nitrogens with zero attached hydrogens (tertiary/aromatic N) is 2. The molecular formula is C44H60ClN2OS+. The van der Waals surface area contributed by atoms with Crippen LogP contribution in [0.3, 0.4) is 0 Å². The average molecular weight is 700 g/mol. The Morgan fingerprint density at radius 2 is 1.61 bits per heavy atom. The van der Waals surface area contributed by atoms with Gasteiger partial charge in [-0.1, -0.05) is 95.3 Å². The number of halogens is 1. The molecule has 3 nitrogen and oxygen atoms in total. The summed E-state index contributed by atoms with van der Waals surface area (Å²) in [7, 11) is -0.965. The molecule has 2 heterocycles. The van der Waals surface area contributed by atoms with E-state index in [0.29, 0.717) is 5.75 Å². The fourth-order valence-corrected chi connectivity index (χ4v) is 9.37. The van der Waals surface area contributed by atoms with E-state index in [2.05, 4.69) is 126 Å². The topological polar surface area (TPSA) is 23.3 Å². The zero-order valence-electron chi connectivity index (χ0n) is 31.6. The van der Waals surface area contributed by atoms with Crippen LogP contribution in [0.5, 0.6) is 0 Å². The molecule has 0 bridgehead atoms. The number of rotatable bonds is 14. The Morgan fingerprint density at radius 3 is 2.35 bits per heavy atom. The van der Waals surface area contributed by atoms with E-state index in [4.69, 9.17) is 11.6 Å². The van der Waals surface area contributed by atoms with Crippen LogP contribution in [0.1, 0.15) is 129 Å². The van der Waals surface area contributed by atoms with Crippen molar-refractivity contribution < 1.29 is 8.78 Å². The Hall–Kier alpha value is -2.69. The molecule has 264 valence electrons. The average Bonchev–Trinajstić information content (AvgIpc) is 3.41. The van der Waals surface area contributed by atoms with Gasteiger partial charge < -0.3 is 4.90 Å². The monoisotopic (exact) mass is 699 g/mol. The zero-order chi connectivity index (χ0) is 35.3. The van der Waals surface area contributed by atoms with Crippen molar-refractivity contribution in [3.05, 3.63) is 99.3 Å². The molecule has 0 spiro atoms. The first-order chi connectivity index (χ1) is 23.4. The van der Waals surface area contributed by atoms with Gasteiger partial charge in [-0.2, -0.15) is 4.58 Å². The Balaban J connectivity index is 1.49. The van der Waals surface area contributed by atoms with Crippen molar-refractivity contribution in [1.82, 2.24) is 0 Å². The van der Waals surface area contributed by atoms with Gasteiger partial charge in [0.2, 0.25) is 5.69 Å². The maximum atomic E-state index is 13.0. The molecule has 5 heteroatoms. The van der Waals surface area contributed by atoms with Crippen LogP contribution in [0.4, 0.5) is 11.4 Å². The zero-order valence-corrected chi connectivity index (χ0v) is 33.1. The Labute approximate surface area is 305 Å². The van der Waals surface area contributed by atoms with Crippen molar-refractivity contribution in [2.45, 2.75) is 135 Å². The van der Waals surface area contributed by atoms with Crippen molar-refractivity contribution in [3.63, 3.8) is 0 Å². The Morgan fingerprint density at radius 1 is 0.857 bits per heavy atom. The number of fused-ring (bicyclic) bond motifs is 2. The molecular weight excluding hydrogens is 640 g/mol. The molecule has 0 amide bonds. The highest BCUT2D eigenvalue weighted by Gasteiger charge is 2.44. The molecule has 1 aliphatic carbocycles. The van der Waals surface area contributed by atoms with Crippen LogP contribution < -0.4 is 4.90 Å². The van der Waals surface area contributed by atoms with Gasteiger partial charge >= 0.3 is 0 Å². The first-order valence-corrected chi connectivity index (χ1v) is 20.7. The predicted molar refractivity (Wildman–Crippen MR) is 213 cm³/mol. The number of allylic oxidation sites excluding steroid dienone is 8. The van der Waals surface area contributed by atoms with Crippen molar-refractivity contribution >= 4 is 39.5 Å². The first kappa shape index (κ1) is 37.6. The summed E-state index contributed by atoms with van der Waals surface area (Å²) in [5.74, 6) is 0.704. The molecule has 1 atom stereocenters. The fraction of sp³-hybridized carbons (Fsp3) is 0.523. The van der Waals surface area contributed by atoms with E-state index in [-0.39, 0.29) is 10.8 Å². The molecule has 0 saturated heterocycles. The summed E-state index contributed by atoms with van der Waals surface area (Å²) in [5.41, 5.74) is 11.5. The lowest BCUT2D eigenvalue weighted by Gasteiger charge is -2.27. The van der Waals surface area contributed by atoms with Crippen LogP contribution >= 0.6 is 11.6 Å². The van der Waals surface area contributed by atoms with Crippen molar-refractivity contribution in [1.29, 1.82) is 0 Å². The van der Waals surface area contributed by atoms with Crippen molar-refractivity contribution in [2.75, 3.05) is 23.7 Å². The van der Waals surface area contributed by atoms with Crippen LogP contribution in [-0.4, -0.2) is 33.3 Å². The summed E-state index contributed by atoms with van der Waals surface area (Å²) in [4.78, 5) is 3.51. The second-order valence-electron chi connectivity index (χ2n) is 15.4. The van der Waals surface area contributed by atoms with Gasteiger partial charge in [0.05, 0.1) is 16.2 Å². The third-order valence-electron chi connectivity index (χ3n) is 10.9. The standard InChI is InChI=1S/C44H60ClN2OS/c1-9-12-14-27-46-38-23-19-32(4)30-36(38)43(5,6)40(46)25-20-33-17-16-18-34(42(33)45)21-26-41-44(7,8)37-31-35(49(48)29-11-3)22-24-39(37)47(41)28-15-13-10-2/h19-26,30-31H,9-18,27-29H2,1-8H3/q+1. The fourth-order valence-electron chi connectivity index (χ4n) is 7.98. The van der Waals surface area contributed by atoms with Gasteiger partial charge in [-0.05, 0) is 100 Å². The SMILES string of the molecule is CCCCCN1/C(=C/C=C2\CCCC(/C=C/C3=[N+](CCCCC)c4ccc(S(=O)CCC)cc4C3(C)C)=C2Cl)C(C)(C)c2cc(C)ccc21. The lowest BCUT2D eigenvalue weighted by atomic mass is 9.81. The number of hydrogen-bond acceptors (Lipinski definition) is 2. The van der Waals surface area contributed by atoms with Gasteiger partial charge in [0.1, 0.15) is 6.54 Å². The minimum atomic E-state index is -0.965. The third kappa shape index (κ3) is 7.81. The lowest BCUT2D eigenvalue weighted by Crippen LogP contribution is -2.28. The molecule has 2 aliphatic heterocycles. The molecule has 0 saturated carbocycles. The van der Waals surface area contributed by atoms with Gasteiger partial charge in [-0.3, -0.25) is 4.21 Å². The Bertz CT molecular complexity index is 1720. The summed E-state index contributed by atoms with van der Waals surface area (Å²) in [5, 5.41) is 0.907. The first-order valence-electron chi connectivity index (χ1n) is 19.0. The minimum absolute atomic E-state index is 0.0673. The number of hydrogen-bond donors (Lipinski definition) is 0. The summed E-state index contributed by atoms with van der Waals surface area (Å²) < 4.78 is 15.5. The number of anilines is 1. The molecule has 1 unspecified atom stereocenters. The number of aryl methyl sites for hydroxylation is 1. The van der Waals surface area contributed by atoms with Gasteiger partial charge in [0, 0.05) is 63.2 Å². The van der Waals surface area contributed by atoms with Gasteiger partial charge in [-0.25, -0.2) is 0 Å². The quantitative estimate of drug-likeness (QED) is 0.145. The molecule has 49 heavy (non-hydrogen) atoms. The normalized spacial score (nSPS) is 20.6. The lowest BCUT2D eigenvalue weighted by molar-refractivity contribution is -0.438. The molecule has 0 aromatic heterocycles. The minimum Gasteiger partial charge on any atom is -0.344 e. The maximum Gasteiger partial charge on any atom is 0.209 e. The van der Waals surface area contributed by atoms with Crippen LogP contribution in [0.25, 0.3) is 0 Å². The molecule has 0 fully saturated rings. The van der Waals surface area contributed by atoms with E-state index < -0.39 is 10.8 Å². The van der Waals surface area contributed by atoms with Crippen molar-refractivity contribution in [2.24, 2.45) is 0 Å². The number of benzene rings is 2. The largest absolute Gasteiger partial charge is 0.344 e. The maximum absolute atomic E-state index is 13.0. The van der Waals surface area contributed by atoms with Crippen LogP contribution in [0.15, 0.2) is 87.5 Å². The second-order valence-corrected chi connectivity index (χ2v) is 17.3. The predicted octanol–water partition coefficient (Wildman–Crippen LogP) is 12.1. The van der Waals surface area contributed by atoms with Crippen LogP contribution in [0.2, 0.25) is 0 Å². The smallest absolute Gasteiger partial charge is 0.209 e. The van der Waals surface area contributed by atoms with Gasteiger partial charge in [0.15, 0.2) is 5.71 Å². The highest BCUT2D eigenvalue weighted by atomic mass is 35.5. The third-order valence-corrected chi connectivity index (χ3v) is 12.9. The molecule has 5 rings (SSSR count). The van der Waals surface area contributed by atoms with Gasteiger partial charge in [-0.15, -0.1) is 0 Å². The summed E-state index contributed by atoms with van der Waals surface area (Å²) >= 11 is 7.28. The van der Waals surface area contributed by atoms with E-state index in [0.717, 1.165) is 55.1 Å². The molecule has 0 radical (unpaired) electrons. The molecule has 2 aromatic carbocycles. The van der Waals surface area contributed by atoms with Gasteiger partial charge in [0.25, 0.3) is 0 Å². The van der Waals surface area contributed by atoms with E-state index in [1.807, 2.05) is 0 Å². The highest BCUT2D eigenvalue weighted by Crippen LogP contribution is 2.48. The summed E-state index contributed by atoms with van der Waals surface area (Å²) in [6, 6.07) is 13.5. The summed E-state index contributed by atoms with van der Waals surface area (Å²) in [6.45, 7) is 20.3. The van der Waals surface area contributed by atoms with E-state index in [9.17, 15) is 4.21 Å². The van der Waals surface area contributed by atoms with Crippen LogP contribution in [-0.2, 0) is 21.6 Å². The van der Waals surface area contributed by atoms with E-state index in [1.165, 1.54) is 82.7 Å². The number of unbranched alkanes of at least 4 members (excludes halogenated alkanes) is 4. The van der Waals surface area contributed by atoms with Crippen LogP contribution in [0, 0.1) is 6.92 Å². The molecule has 0 N–H and O–H groups in total. The van der Waals surface area contributed by atoms with E-state index >= 15 is 0 Å². The van der Waals surface area contributed by atoms with Crippen molar-refractivity contribution in [3.8, 4) is 0 Å². The molecule has 3 aliphatic rings. The highest BCUT2D eigenvalue weighted by molar-refractivity contribution is 7.85. The van der Waals surface area contributed by atoms with E-state index in [1.54, 1.807) is 0 Å². The summed E-state index contributed by atoms with van der Waals surface area (Å²) in [6.07, 6.45) is 20.5. The Kier molecular flexibility index (Phi) is 12.3. The second kappa shape index (κ2) is 16.1. The molecule has 2 aromatic rings.